The van der Waals surface area contributed by atoms with Gasteiger partial charge in [-0.2, -0.15) is 11.3 Å². The Kier molecular flexibility index (Phi) is 5.99. The summed E-state index contributed by atoms with van der Waals surface area (Å²) < 4.78 is 5.85. The molecule has 134 valence electrons. The van der Waals surface area contributed by atoms with Gasteiger partial charge in [-0.25, -0.2) is 0 Å². The molecule has 1 unspecified atom stereocenters. The zero-order valence-electron chi connectivity index (χ0n) is 14.2. The van der Waals surface area contributed by atoms with Crippen LogP contribution in [0.5, 0.6) is 5.75 Å². The minimum absolute atomic E-state index is 0.0289. The molecule has 0 spiro atoms. The van der Waals surface area contributed by atoms with E-state index in [0.29, 0.717) is 24.5 Å². The van der Waals surface area contributed by atoms with Crippen LogP contribution in [0.15, 0.2) is 35.0 Å². The van der Waals surface area contributed by atoms with Crippen molar-refractivity contribution in [1.29, 1.82) is 0 Å². The number of ether oxygens (including phenoxy) is 1. The third-order valence-corrected chi connectivity index (χ3v) is 5.61. The first-order chi connectivity index (χ1) is 12.1. The molecule has 3 rings (SSSR count). The summed E-state index contributed by atoms with van der Waals surface area (Å²) in [7, 11) is 0. The van der Waals surface area contributed by atoms with Gasteiger partial charge >= 0.3 is 5.97 Å². The van der Waals surface area contributed by atoms with E-state index in [1.165, 1.54) is 5.56 Å². The zero-order chi connectivity index (χ0) is 17.8. The van der Waals surface area contributed by atoms with E-state index in [1.807, 2.05) is 25.1 Å². The summed E-state index contributed by atoms with van der Waals surface area (Å²) in [6, 6.07) is 7.89. The largest absolute Gasteiger partial charge is 0.494 e. The van der Waals surface area contributed by atoms with Crippen molar-refractivity contribution in [3.63, 3.8) is 0 Å². The van der Waals surface area contributed by atoms with Gasteiger partial charge in [-0.15, -0.1) is 0 Å². The van der Waals surface area contributed by atoms with Gasteiger partial charge in [-0.05, 0) is 73.4 Å². The van der Waals surface area contributed by atoms with Crippen LogP contribution < -0.4 is 4.74 Å². The van der Waals surface area contributed by atoms with Crippen LogP contribution in [0.3, 0.4) is 0 Å². The van der Waals surface area contributed by atoms with Crippen molar-refractivity contribution in [1.82, 2.24) is 4.90 Å². The highest BCUT2D eigenvalue weighted by atomic mass is 35.5. The quantitative estimate of drug-likeness (QED) is 0.791. The fourth-order valence-electron chi connectivity index (χ4n) is 3.44. The normalized spacial score (nSPS) is 17.4. The average Bonchev–Trinajstić information content (AvgIpc) is 3.12. The molecule has 0 bridgehead atoms. The van der Waals surface area contributed by atoms with Crippen molar-refractivity contribution >= 4 is 28.9 Å². The first kappa shape index (κ1) is 18.2. The molecule has 0 saturated carbocycles. The standard InChI is InChI=1S/C19H22ClNO3S/c1-2-24-17-4-3-15(20)11-16(17)18(14-7-10-25-12-14)21-8-5-13(6-9-21)19(22)23/h3-4,7,10-13,18H,2,5-6,8-9H2,1H3,(H,22,23). The van der Waals surface area contributed by atoms with Crippen molar-refractivity contribution in [3.05, 3.63) is 51.2 Å². The molecule has 2 heterocycles. The predicted molar refractivity (Wildman–Crippen MR) is 101 cm³/mol. The number of aliphatic carboxylic acids is 1. The molecule has 25 heavy (non-hydrogen) atoms. The van der Waals surface area contributed by atoms with Crippen molar-refractivity contribution in [2.45, 2.75) is 25.8 Å². The fourth-order valence-corrected chi connectivity index (χ4v) is 4.30. The Balaban J connectivity index is 1.95. The third kappa shape index (κ3) is 4.17. The molecule has 1 atom stereocenters. The van der Waals surface area contributed by atoms with Gasteiger partial charge in [-0.3, -0.25) is 9.69 Å². The average molecular weight is 380 g/mol. The molecule has 6 heteroatoms. The maximum Gasteiger partial charge on any atom is 0.306 e. The lowest BCUT2D eigenvalue weighted by molar-refractivity contribution is -0.143. The summed E-state index contributed by atoms with van der Waals surface area (Å²) in [5.74, 6) is -0.0990. The van der Waals surface area contributed by atoms with Gasteiger partial charge in [0.1, 0.15) is 5.75 Å². The van der Waals surface area contributed by atoms with Crippen molar-refractivity contribution in [3.8, 4) is 5.75 Å². The lowest BCUT2D eigenvalue weighted by Crippen LogP contribution is -2.39. The van der Waals surface area contributed by atoms with E-state index in [4.69, 9.17) is 16.3 Å². The van der Waals surface area contributed by atoms with Crippen LogP contribution in [0.25, 0.3) is 0 Å². The fraction of sp³-hybridized carbons (Fsp3) is 0.421. The summed E-state index contributed by atoms with van der Waals surface area (Å²) in [6.45, 7) is 4.05. The smallest absolute Gasteiger partial charge is 0.306 e. The van der Waals surface area contributed by atoms with Gasteiger partial charge in [0.05, 0.1) is 18.6 Å². The Morgan fingerprint density at radius 2 is 2.16 bits per heavy atom. The molecule has 1 aromatic carbocycles. The number of hydrogen-bond donors (Lipinski definition) is 1. The summed E-state index contributed by atoms with van der Waals surface area (Å²) in [4.78, 5) is 13.6. The molecule has 1 saturated heterocycles. The molecule has 1 N–H and O–H groups in total. The lowest BCUT2D eigenvalue weighted by Gasteiger charge is -2.37. The first-order valence-corrected chi connectivity index (χ1v) is 9.83. The van der Waals surface area contributed by atoms with Crippen LogP contribution in [0.4, 0.5) is 0 Å². The van der Waals surface area contributed by atoms with Gasteiger partial charge in [0.2, 0.25) is 0 Å². The summed E-state index contributed by atoms with van der Waals surface area (Å²) in [5.41, 5.74) is 2.24. The molecule has 1 aliphatic rings. The number of piperidine rings is 1. The molecule has 4 nitrogen and oxygen atoms in total. The zero-order valence-corrected chi connectivity index (χ0v) is 15.7. The van der Waals surface area contributed by atoms with Crippen molar-refractivity contribution < 1.29 is 14.6 Å². The highest BCUT2D eigenvalue weighted by Gasteiger charge is 2.31. The molecule has 1 fully saturated rings. The molecular formula is C19H22ClNO3S. The van der Waals surface area contributed by atoms with Crippen LogP contribution in [-0.4, -0.2) is 35.7 Å². The maximum absolute atomic E-state index is 11.3. The number of likely N-dealkylation sites (tertiary alicyclic amines) is 1. The van der Waals surface area contributed by atoms with E-state index in [9.17, 15) is 9.90 Å². The summed E-state index contributed by atoms with van der Waals surface area (Å²) in [5, 5.41) is 14.2. The number of carboxylic acid groups (broad SMARTS) is 1. The Morgan fingerprint density at radius 3 is 2.76 bits per heavy atom. The van der Waals surface area contributed by atoms with E-state index in [1.54, 1.807) is 11.3 Å². The van der Waals surface area contributed by atoms with E-state index >= 15 is 0 Å². The Bertz CT molecular complexity index is 711. The van der Waals surface area contributed by atoms with Crippen molar-refractivity contribution in [2.75, 3.05) is 19.7 Å². The monoisotopic (exact) mass is 379 g/mol. The molecule has 1 aliphatic heterocycles. The highest BCUT2D eigenvalue weighted by molar-refractivity contribution is 7.08. The van der Waals surface area contributed by atoms with Gasteiger partial charge in [0.25, 0.3) is 0 Å². The summed E-state index contributed by atoms with van der Waals surface area (Å²) in [6.07, 6.45) is 1.33. The van der Waals surface area contributed by atoms with Crippen LogP contribution in [0, 0.1) is 5.92 Å². The Morgan fingerprint density at radius 1 is 1.40 bits per heavy atom. The van der Waals surface area contributed by atoms with Crippen molar-refractivity contribution in [2.24, 2.45) is 5.92 Å². The van der Waals surface area contributed by atoms with Gasteiger partial charge in [0.15, 0.2) is 0 Å². The number of carbonyl (C=O) groups is 1. The minimum atomic E-state index is -0.690. The molecule has 0 amide bonds. The molecule has 1 aromatic heterocycles. The number of halogens is 1. The lowest BCUT2D eigenvalue weighted by atomic mass is 9.92. The summed E-state index contributed by atoms with van der Waals surface area (Å²) >= 11 is 7.94. The van der Waals surface area contributed by atoms with Crippen LogP contribution in [0.1, 0.15) is 36.9 Å². The number of nitrogens with zero attached hydrogens (tertiary/aromatic N) is 1. The van der Waals surface area contributed by atoms with Crippen LogP contribution in [-0.2, 0) is 4.79 Å². The number of thiophene rings is 1. The van der Waals surface area contributed by atoms with E-state index in [2.05, 4.69) is 21.7 Å². The molecule has 0 radical (unpaired) electrons. The number of hydrogen-bond acceptors (Lipinski definition) is 4. The second kappa shape index (κ2) is 8.21. The molecular weight excluding hydrogens is 358 g/mol. The SMILES string of the molecule is CCOc1ccc(Cl)cc1C(c1ccsc1)N1CCC(C(=O)O)CC1. The Labute approximate surface area is 157 Å². The second-order valence-electron chi connectivity index (χ2n) is 6.22. The first-order valence-electron chi connectivity index (χ1n) is 8.51. The second-order valence-corrected chi connectivity index (χ2v) is 7.44. The predicted octanol–water partition coefficient (Wildman–Crippen LogP) is 4.69. The third-order valence-electron chi connectivity index (χ3n) is 4.67. The van der Waals surface area contributed by atoms with Gasteiger partial charge < -0.3 is 9.84 Å². The van der Waals surface area contributed by atoms with E-state index in [-0.39, 0.29) is 12.0 Å². The van der Waals surface area contributed by atoms with Gasteiger partial charge in [0, 0.05) is 10.6 Å². The highest BCUT2D eigenvalue weighted by Crippen LogP contribution is 2.39. The van der Waals surface area contributed by atoms with Crippen LogP contribution in [0.2, 0.25) is 5.02 Å². The number of benzene rings is 1. The van der Waals surface area contributed by atoms with Crippen LogP contribution >= 0.6 is 22.9 Å². The molecule has 0 aliphatic carbocycles. The molecule has 2 aromatic rings. The number of rotatable bonds is 6. The van der Waals surface area contributed by atoms with Gasteiger partial charge in [-0.1, -0.05) is 11.6 Å². The Hall–Kier alpha value is -1.56. The maximum atomic E-state index is 11.3. The number of carboxylic acids is 1. The van der Waals surface area contributed by atoms with E-state index < -0.39 is 5.97 Å². The minimum Gasteiger partial charge on any atom is -0.494 e. The van der Waals surface area contributed by atoms with E-state index in [0.717, 1.165) is 24.4 Å². The topological polar surface area (TPSA) is 49.8 Å².